The maximum atomic E-state index is 12.8. The van der Waals surface area contributed by atoms with E-state index in [9.17, 15) is 4.39 Å². The van der Waals surface area contributed by atoms with E-state index >= 15 is 0 Å². The summed E-state index contributed by atoms with van der Waals surface area (Å²) in [7, 11) is 0. The van der Waals surface area contributed by atoms with Crippen molar-refractivity contribution in [1.29, 1.82) is 0 Å². The molecule has 0 atom stereocenters. The smallest absolute Gasteiger partial charge is 0.183 e. The van der Waals surface area contributed by atoms with E-state index in [-0.39, 0.29) is 5.83 Å². The Morgan fingerprint density at radius 2 is 2.30 bits per heavy atom. The summed E-state index contributed by atoms with van der Waals surface area (Å²) >= 11 is 3.22. The second-order valence-corrected chi connectivity index (χ2v) is 3.04. The van der Waals surface area contributed by atoms with E-state index in [1.54, 1.807) is 13.3 Å². The number of hydrogen-bond acceptors (Lipinski definition) is 0. The quantitative estimate of drug-likeness (QED) is 0.528. The molecule has 10 heavy (non-hydrogen) atoms. The molecule has 0 aromatic carbocycles. The molecule has 0 saturated carbocycles. The van der Waals surface area contributed by atoms with Gasteiger partial charge in [-0.05, 0) is 29.4 Å². The van der Waals surface area contributed by atoms with Gasteiger partial charge in [0, 0.05) is 6.42 Å². The molecule has 0 bridgehead atoms. The molecule has 0 N–H and O–H groups in total. The Balaban J connectivity index is 3.01. The molecule has 1 aliphatic rings. The van der Waals surface area contributed by atoms with Crippen LogP contribution in [0.4, 0.5) is 4.39 Å². The molecule has 0 radical (unpaired) electrons. The van der Waals surface area contributed by atoms with Gasteiger partial charge in [-0.15, -0.1) is 0 Å². The van der Waals surface area contributed by atoms with Gasteiger partial charge in [0.1, 0.15) is 4.48 Å². The van der Waals surface area contributed by atoms with E-state index < -0.39 is 0 Å². The lowest BCUT2D eigenvalue weighted by Crippen LogP contribution is -1.92. The SMILES string of the molecule is C=C1C=C(F)C(C)=C(Br)[CH+]1. The highest BCUT2D eigenvalue weighted by molar-refractivity contribution is 9.11. The minimum absolute atomic E-state index is 0.209. The van der Waals surface area contributed by atoms with Crippen molar-refractivity contribution >= 4 is 15.9 Å². The second-order valence-electron chi connectivity index (χ2n) is 2.18. The summed E-state index contributed by atoms with van der Waals surface area (Å²) in [5, 5.41) is 0. The Morgan fingerprint density at radius 3 is 2.80 bits per heavy atom. The van der Waals surface area contributed by atoms with Crippen molar-refractivity contribution in [2.24, 2.45) is 0 Å². The van der Waals surface area contributed by atoms with Gasteiger partial charge in [-0.1, -0.05) is 0 Å². The van der Waals surface area contributed by atoms with Crippen LogP contribution in [0.15, 0.2) is 34.1 Å². The largest absolute Gasteiger partial charge is 0.209 e. The molecule has 0 spiro atoms. The molecule has 0 aliphatic heterocycles. The van der Waals surface area contributed by atoms with Crippen LogP contribution in [-0.2, 0) is 0 Å². The molecule has 0 amide bonds. The fourth-order valence-corrected chi connectivity index (χ4v) is 1.18. The highest BCUT2D eigenvalue weighted by Crippen LogP contribution is 2.30. The fourth-order valence-electron chi connectivity index (χ4n) is 0.698. The molecular formula is C8H7BrF+. The molecule has 0 nitrogen and oxygen atoms in total. The summed E-state index contributed by atoms with van der Waals surface area (Å²) in [6.07, 6.45) is 3.21. The third kappa shape index (κ3) is 1.32. The molecule has 0 aromatic rings. The normalized spacial score (nSPS) is 18.7. The summed E-state index contributed by atoms with van der Waals surface area (Å²) < 4.78 is 13.5. The summed E-state index contributed by atoms with van der Waals surface area (Å²) in [6.45, 7) is 5.33. The number of rotatable bonds is 0. The topological polar surface area (TPSA) is 0 Å². The third-order valence-corrected chi connectivity index (χ3v) is 2.16. The van der Waals surface area contributed by atoms with E-state index in [1.165, 1.54) is 6.08 Å². The molecular weight excluding hydrogens is 195 g/mol. The lowest BCUT2D eigenvalue weighted by atomic mass is 10.0. The van der Waals surface area contributed by atoms with Crippen LogP contribution in [0.1, 0.15) is 6.92 Å². The van der Waals surface area contributed by atoms with Crippen molar-refractivity contribution in [2.75, 3.05) is 0 Å². The molecule has 0 fully saturated rings. The first-order valence-corrected chi connectivity index (χ1v) is 3.68. The molecule has 52 valence electrons. The van der Waals surface area contributed by atoms with Crippen molar-refractivity contribution in [1.82, 2.24) is 0 Å². The highest BCUT2D eigenvalue weighted by Gasteiger charge is 2.19. The van der Waals surface area contributed by atoms with Gasteiger partial charge in [0.15, 0.2) is 0 Å². The van der Waals surface area contributed by atoms with Gasteiger partial charge in [0.25, 0.3) is 0 Å². The van der Waals surface area contributed by atoms with E-state index in [4.69, 9.17) is 0 Å². The van der Waals surface area contributed by atoms with E-state index in [1.807, 2.05) is 0 Å². The van der Waals surface area contributed by atoms with Crippen molar-refractivity contribution in [3.63, 3.8) is 0 Å². The van der Waals surface area contributed by atoms with E-state index in [0.29, 0.717) is 11.1 Å². The number of allylic oxidation sites excluding steroid dienone is 5. The second kappa shape index (κ2) is 2.62. The van der Waals surface area contributed by atoms with Crippen LogP contribution in [0, 0.1) is 6.42 Å². The Hall–Kier alpha value is -0.500. The summed E-state index contributed by atoms with van der Waals surface area (Å²) in [5.74, 6) is -0.209. The van der Waals surface area contributed by atoms with Crippen LogP contribution in [0.2, 0.25) is 0 Å². The van der Waals surface area contributed by atoms with E-state index in [2.05, 4.69) is 22.5 Å². The van der Waals surface area contributed by atoms with Crippen molar-refractivity contribution < 1.29 is 4.39 Å². The van der Waals surface area contributed by atoms with Gasteiger partial charge in [0.05, 0.1) is 17.2 Å². The van der Waals surface area contributed by atoms with Crippen molar-refractivity contribution in [3.05, 3.63) is 40.5 Å². The predicted molar refractivity (Wildman–Crippen MR) is 44.3 cm³/mol. The van der Waals surface area contributed by atoms with Gasteiger partial charge in [0.2, 0.25) is 5.83 Å². The monoisotopic (exact) mass is 201 g/mol. The first kappa shape index (κ1) is 7.61. The Kier molecular flexibility index (Phi) is 2.00. The summed E-state index contributed by atoms with van der Waals surface area (Å²) in [5.41, 5.74) is 1.32. The minimum Gasteiger partial charge on any atom is -0.183 e. The summed E-state index contributed by atoms with van der Waals surface area (Å²) in [4.78, 5) is 0. The third-order valence-electron chi connectivity index (χ3n) is 1.34. The zero-order valence-electron chi connectivity index (χ0n) is 5.62. The molecule has 0 saturated heterocycles. The summed E-state index contributed by atoms with van der Waals surface area (Å²) in [6, 6.07) is 0. The van der Waals surface area contributed by atoms with Gasteiger partial charge < -0.3 is 0 Å². The van der Waals surface area contributed by atoms with Gasteiger partial charge in [-0.3, -0.25) is 0 Å². The minimum atomic E-state index is -0.209. The van der Waals surface area contributed by atoms with Crippen LogP contribution < -0.4 is 0 Å². The Morgan fingerprint density at radius 1 is 1.70 bits per heavy atom. The average Bonchev–Trinajstić information content (AvgIpc) is 1.82. The molecule has 0 aromatic heterocycles. The molecule has 0 heterocycles. The number of halogens is 2. The average molecular weight is 202 g/mol. The van der Waals surface area contributed by atoms with Gasteiger partial charge in [-0.25, -0.2) is 0 Å². The first-order chi connectivity index (χ1) is 4.61. The lowest BCUT2D eigenvalue weighted by Gasteiger charge is -2.02. The van der Waals surface area contributed by atoms with E-state index in [0.717, 1.165) is 4.48 Å². The molecule has 1 rings (SSSR count). The van der Waals surface area contributed by atoms with Gasteiger partial charge >= 0.3 is 0 Å². The molecule has 0 unspecified atom stereocenters. The van der Waals surface area contributed by atoms with Crippen LogP contribution in [0.5, 0.6) is 0 Å². The standard InChI is InChI=1S/C8H7BrF/c1-5-3-7(9)6(2)8(10)4-5/h3-4H,1H2,2H3/q+1. The fraction of sp³-hybridized carbons (Fsp3) is 0.125. The van der Waals surface area contributed by atoms with Crippen LogP contribution in [0.3, 0.4) is 0 Å². The van der Waals surface area contributed by atoms with Gasteiger partial charge in [-0.2, -0.15) is 4.39 Å². The lowest BCUT2D eigenvalue weighted by molar-refractivity contribution is 0.648. The Bertz CT molecular complexity index is 230. The zero-order valence-corrected chi connectivity index (χ0v) is 7.20. The van der Waals surface area contributed by atoms with Crippen LogP contribution >= 0.6 is 15.9 Å². The Labute approximate surface area is 68.3 Å². The van der Waals surface area contributed by atoms with Crippen LogP contribution in [0.25, 0.3) is 0 Å². The van der Waals surface area contributed by atoms with Crippen LogP contribution in [-0.4, -0.2) is 0 Å². The maximum absolute atomic E-state index is 12.8. The zero-order chi connectivity index (χ0) is 7.72. The highest BCUT2D eigenvalue weighted by atomic mass is 79.9. The van der Waals surface area contributed by atoms with Crippen molar-refractivity contribution in [3.8, 4) is 0 Å². The molecule has 2 heteroatoms. The maximum Gasteiger partial charge on any atom is 0.209 e. The predicted octanol–water partition coefficient (Wildman–Crippen LogP) is 3.28. The van der Waals surface area contributed by atoms with Crippen molar-refractivity contribution in [2.45, 2.75) is 6.92 Å². The first-order valence-electron chi connectivity index (χ1n) is 2.89. The molecule has 1 aliphatic carbocycles. The number of hydrogen-bond donors (Lipinski definition) is 0.